The Morgan fingerprint density at radius 3 is 2.71 bits per heavy atom. The maximum absolute atomic E-state index is 14.1. The first-order valence-electron chi connectivity index (χ1n) is 14.9. The van der Waals surface area contributed by atoms with Crippen LogP contribution in [0.1, 0.15) is 52.9 Å². The van der Waals surface area contributed by atoms with Crippen molar-refractivity contribution in [2.45, 2.75) is 57.0 Å². The van der Waals surface area contributed by atoms with Crippen molar-refractivity contribution < 1.29 is 19.0 Å². The third-order valence-electron chi connectivity index (χ3n) is 8.02. The molecule has 1 aliphatic rings. The summed E-state index contributed by atoms with van der Waals surface area (Å²) in [5, 5.41) is 9.99. The number of nitrogens with zero attached hydrogens (tertiary/aromatic N) is 6. The van der Waals surface area contributed by atoms with E-state index in [-0.39, 0.29) is 17.5 Å². The lowest BCUT2D eigenvalue weighted by Crippen LogP contribution is -2.38. The van der Waals surface area contributed by atoms with Gasteiger partial charge in [0.25, 0.3) is 0 Å². The van der Waals surface area contributed by atoms with Crippen molar-refractivity contribution >= 4 is 40.4 Å². The van der Waals surface area contributed by atoms with Crippen molar-refractivity contribution in [3.63, 3.8) is 0 Å². The molecule has 6 rings (SSSR count). The van der Waals surface area contributed by atoms with Crippen LogP contribution in [0.5, 0.6) is 5.88 Å². The Labute approximate surface area is 270 Å². The Hall–Kier alpha value is -3.93. The molecule has 0 atom stereocenters. The van der Waals surface area contributed by atoms with E-state index in [2.05, 4.69) is 25.9 Å². The van der Waals surface area contributed by atoms with Crippen LogP contribution in [0, 0.1) is 5.82 Å². The molecule has 234 valence electrons. The lowest BCUT2D eigenvalue weighted by atomic mass is 10.1. The first kappa shape index (κ1) is 31.1. The molecule has 5 aromatic rings. The van der Waals surface area contributed by atoms with E-state index in [4.69, 9.17) is 26.3 Å². The molecule has 1 fully saturated rings. The number of thioether (sulfide) groups is 1. The predicted octanol–water partition coefficient (Wildman–Crippen LogP) is 6.66. The first-order chi connectivity index (χ1) is 21.9. The molecule has 12 heteroatoms. The average molecular weight is 649 g/mol. The van der Waals surface area contributed by atoms with Crippen LogP contribution < -0.4 is 4.74 Å². The summed E-state index contributed by atoms with van der Waals surface area (Å²) < 4.78 is 24.6. The van der Waals surface area contributed by atoms with Gasteiger partial charge in [0.15, 0.2) is 0 Å². The number of aromatic nitrogens is 5. The second-order valence-corrected chi connectivity index (χ2v) is 12.5. The largest absolute Gasteiger partial charge is 0.478 e. The number of rotatable bonds is 12. The predicted molar refractivity (Wildman–Crippen MR) is 173 cm³/mol. The number of hydrogen-bond acceptors (Lipinski definition) is 7. The van der Waals surface area contributed by atoms with Gasteiger partial charge >= 0.3 is 5.97 Å². The minimum absolute atomic E-state index is 0.0515. The van der Waals surface area contributed by atoms with Crippen LogP contribution >= 0.6 is 23.4 Å². The third-order valence-corrected chi connectivity index (χ3v) is 9.27. The van der Waals surface area contributed by atoms with Crippen molar-refractivity contribution in [2.24, 2.45) is 0 Å². The number of benzene rings is 2. The van der Waals surface area contributed by atoms with Gasteiger partial charge in [-0.2, -0.15) is 11.8 Å². The molecule has 1 N–H and O–H groups in total. The number of aromatic carboxylic acids is 1. The molecule has 1 saturated heterocycles. The number of pyridine rings is 1. The Morgan fingerprint density at radius 1 is 1.09 bits per heavy atom. The Balaban J connectivity index is 1.07. The molecule has 0 radical (unpaired) electrons. The number of hydrogen-bond donors (Lipinski definition) is 1. The zero-order valence-electron chi connectivity index (χ0n) is 24.9. The van der Waals surface area contributed by atoms with Gasteiger partial charge in [-0.25, -0.2) is 24.1 Å². The number of piperidine rings is 1. The number of carbonyl (C=O) groups is 1. The molecule has 0 bridgehead atoms. The molecular weight excluding hydrogens is 615 g/mol. The number of imidazole rings is 2. The van der Waals surface area contributed by atoms with Crippen molar-refractivity contribution in [2.75, 3.05) is 13.1 Å². The SMILES string of the molecule is CCn1cncc1Cn1c(CN2CCC(Oc3cccc(CSCc4ccc(Cl)cc4F)n3)CC2)nc2ccc(C(=O)O)cc21. The van der Waals surface area contributed by atoms with Crippen LogP contribution in [0.3, 0.4) is 0 Å². The van der Waals surface area contributed by atoms with E-state index >= 15 is 0 Å². The van der Waals surface area contributed by atoms with E-state index in [1.165, 1.54) is 6.07 Å². The highest BCUT2D eigenvalue weighted by Gasteiger charge is 2.24. The smallest absolute Gasteiger partial charge is 0.335 e. The van der Waals surface area contributed by atoms with Gasteiger partial charge in [0.05, 0.1) is 47.4 Å². The maximum Gasteiger partial charge on any atom is 0.335 e. The highest BCUT2D eigenvalue weighted by Crippen LogP contribution is 2.25. The lowest BCUT2D eigenvalue weighted by molar-refractivity contribution is 0.0697. The van der Waals surface area contributed by atoms with E-state index in [9.17, 15) is 14.3 Å². The second-order valence-electron chi connectivity index (χ2n) is 11.1. The molecule has 0 amide bonds. The van der Waals surface area contributed by atoms with E-state index in [1.807, 2.05) is 30.7 Å². The van der Waals surface area contributed by atoms with Crippen molar-refractivity contribution in [1.82, 2.24) is 29.0 Å². The summed E-state index contributed by atoms with van der Waals surface area (Å²) in [7, 11) is 0. The van der Waals surface area contributed by atoms with Gasteiger partial charge in [0.2, 0.25) is 5.88 Å². The van der Waals surface area contributed by atoms with E-state index < -0.39 is 5.97 Å². The van der Waals surface area contributed by atoms with E-state index in [0.29, 0.717) is 41.1 Å². The number of likely N-dealkylation sites (tertiary alicyclic amines) is 1. The average Bonchev–Trinajstić information content (AvgIpc) is 3.63. The van der Waals surface area contributed by atoms with Gasteiger partial charge in [-0.15, -0.1) is 0 Å². The minimum Gasteiger partial charge on any atom is -0.478 e. The van der Waals surface area contributed by atoms with Gasteiger partial charge in [-0.3, -0.25) is 4.90 Å². The lowest BCUT2D eigenvalue weighted by Gasteiger charge is -2.31. The van der Waals surface area contributed by atoms with Crippen LogP contribution in [0.15, 0.2) is 67.1 Å². The molecule has 3 aromatic heterocycles. The van der Waals surface area contributed by atoms with Gasteiger partial charge in [-0.1, -0.05) is 23.7 Å². The minimum atomic E-state index is -0.959. The Bertz CT molecular complexity index is 1800. The summed E-state index contributed by atoms with van der Waals surface area (Å²) in [6, 6.07) is 15.6. The molecule has 45 heavy (non-hydrogen) atoms. The fraction of sp³-hybridized carbons (Fsp3) is 0.333. The summed E-state index contributed by atoms with van der Waals surface area (Å²) in [5.74, 6) is 1.42. The molecular formula is C33H34ClFN6O3S. The summed E-state index contributed by atoms with van der Waals surface area (Å²) in [4.78, 5) is 28.0. The summed E-state index contributed by atoms with van der Waals surface area (Å²) in [6.45, 7) is 5.74. The molecule has 1 aliphatic heterocycles. The fourth-order valence-electron chi connectivity index (χ4n) is 5.59. The number of carboxylic acids is 1. The molecule has 0 aliphatic carbocycles. The van der Waals surface area contributed by atoms with Crippen LogP contribution in [0.25, 0.3) is 11.0 Å². The van der Waals surface area contributed by atoms with Crippen molar-refractivity contribution in [3.05, 3.63) is 106 Å². The molecule has 9 nitrogen and oxygen atoms in total. The topological polar surface area (TPSA) is 98.3 Å². The quantitative estimate of drug-likeness (QED) is 0.160. The number of halogens is 2. The van der Waals surface area contributed by atoms with Gasteiger partial charge in [-0.05, 0) is 61.7 Å². The van der Waals surface area contributed by atoms with Crippen molar-refractivity contribution in [3.8, 4) is 5.88 Å². The highest BCUT2D eigenvalue weighted by molar-refractivity contribution is 7.97. The monoisotopic (exact) mass is 648 g/mol. The summed E-state index contributed by atoms with van der Waals surface area (Å²) in [6.07, 6.45) is 5.42. The van der Waals surface area contributed by atoms with E-state index in [0.717, 1.165) is 60.7 Å². The molecule has 4 heterocycles. The normalized spacial score (nSPS) is 14.3. The standard InChI is InChI=1S/C33H34ClFN6O3S/c1-2-40-21-36-16-26(40)17-41-30-14-22(33(42)43)7-9-29(30)38-31(41)18-39-12-10-27(11-13-39)44-32-5-3-4-25(37-32)20-45-19-23-6-8-24(34)15-28(23)35/h3-9,14-16,21,27H,2,10-13,17-20H2,1H3,(H,42,43). The van der Waals surface area contributed by atoms with Gasteiger partial charge in [0, 0.05) is 48.4 Å². The van der Waals surface area contributed by atoms with Gasteiger partial charge < -0.3 is 19.0 Å². The molecule has 0 spiro atoms. The van der Waals surface area contributed by atoms with E-state index in [1.54, 1.807) is 42.1 Å². The third kappa shape index (κ3) is 7.49. The maximum atomic E-state index is 14.1. The van der Waals surface area contributed by atoms with Crippen molar-refractivity contribution in [1.29, 1.82) is 0 Å². The first-order valence-corrected chi connectivity index (χ1v) is 16.5. The number of fused-ring (bicyclic) bond motifs is 1. The molecule has 0 saturated carbocycles. The molecule has 0 unspecified atom stereocenters. The Kier molecular flexibility index (Phi) is 9.67. The number of carboxylic acid groups (broad SMARTS) is 1. The van der Waals surface area contributed by atoms with Gasteiger partial charge in [0.1, 0.15) is 17.7 Å². The number of aryl methyl sites for hydroxylation is 1. The summed E-state index contributed by atoms with van der Waals surface area (Å²) in [5.41, 5.74) is 4.36. The highest BCUT2D eigenvalue weighted by atomic mass is 35.5. The van der Waals surface area contributed by atoms with Crippen LogP contribution in [-0.2, 0) is 31.1 Å². The summed E-state index contributed by atoms with van der Waals surface area (Å²) >= 11 is 7.45. The van der Waals surface area contributed by atoms with Crippen LogP contribution in [0.4, 0.5) is 4.39 Å². The fourth-order valence-corrected chi connectivity index (χ4v) is 6.68. The zero-order valence-corrected chi connectivity index (χ0v) is 26.5. The second kappa shape index (κ2) is 14.0. The van der Waals surface area contributed by atoms with Crippen LogP contribution in [0.2, 0.25) is 5.02 Å². The molecule has 2 aromatic carbocycles. The zero-order chi connectivity index (χ0) is 31.3. The van der Waals surface area contributed by atoms with Crippen LogP contribution in [-0.4, -0.2) is 59.3 Å². The number of ether oxygens (including phenoxy) is 1. The Morgan fingerprint density at radius 2 is 1.93 bits per heavy atom.